The summed E-state index contributed by atoms with van der Waals surface area (Å²) in [5.41, 5.74) is 3.05. The quantitative estimate of drug-likeness (QED) is 0.543. The Morgan fingerprint density at radius 1 is 1.18 bits per heavy atom. The number of aromatic amines is 1. The van der Waals surface area contributed by atoms with Crippen LogP contribution in [0.3, 0.4) is 0 Å². The van der Waals surface area contributed by atoms with Crippen molar-refractivity contribution in [3.05, 3.63) is 62.4 Å². The van der Waals surface area contributed by atoms with Crippen molar-refractivity contribution in [1.29, 1.82) is 0 Å². The average Bonchev–Trinajstić information content (AvgIpc) is 2.83. The van der Waals surface area contributed by atoms with Crippen molar-refractivity contribution >= 4 is 17.3 Å². The molecule has 0 spiro atoms. The predicted molar refractivity (Wildman–Crippen MR) is 126 cm³/mol. The van der Waals surface area contributed by atoms with Gasteiger partial charge in [-0.05, 0) is 44.2 Å². The third kappa shape index (κ3) is 4.27. The van der Waals surface area contributed by atoms with Crippen LogP contribution in [0.5, 0.6) is 0 Å². The van der Waals surface area contributed by atoms with Crippen LogP contribution in [0.4, 0.5) is 17.3 Å². The molecule has 3 N–H and O–H groups in total. The van der Waals surface area contributed by atoms with E-state index in [4.69, 9.17) is 14.7 Å². The van der Waals surface area contributed by atoms with E-state index in [1.807, 2.05) is 24.3 Å². The Kier molecular flexibility index (Phi) is 5.69. The number of nitrogens with one attached hydrogen (secondary N) is 3. The van der Waals surface area contributed by atoms with E-state index in [-0.39, 0.29) is 11.6 Å². The van der Waals surface area contributed by atoms with Crippen LogP contribution in [-0.4, -0.2) is 51.9 Å². The maximum absolute atomic E-state index is 11.9. The smallest absolute Gasteiger partial charge is 0.329 e. The predicted octanol–water partition coefficient (Wildman–Crippen LogP) is 1.14. The fourth-order valence-corrected chi connectivity index (χ4v) is 4.23. The van der Waals surface area contributed by atoms with Crippen molar-refractivity contribution in [2.45, 2.75) is 25.9 Å². The molecule has 0 unspecified atom stereocenters. The maximum Gasteiger partial charge on any atom is 0.329 e. The molecule has 33 heavy (non-hydrogen) atoms. The van der Waals surface area contributed by atoms with Gasteiger partial charge in [-0.3, -0.25) is 14.3 Å². The van der Waals surface area contributed by atoms with E-state index in [1.54, 1.807) is 0 Å². The molecule has 2 aliphatic rings. The second-order valence-corrected chi connectivity index (χ2v) is 8.43. The third-order valence-electron chi connectivity index (χ3n) is 6.12. The molecule has 1 fully saturated rings. The summed E-state index contributed by atoms with van der Waals surface area (Å²) in [5, 5.41) is 6.48. The number of H-pyrrole nitrogens is 1. The van der Waals surface area contributed by atoms with E-state index in [2.05, 4.69) is 27.4 Å². The largest absolute Gasteiger partial charge is 0.377 e. The number of fused-ring (bicyclic) bond motifs is 1. The van der Waals surface area contributed by atoms with Crippen LogP contribution in [-0.2, 0) is 24.8 Å². The molecule has 4 heterocycles. The van der Waals surface area contributed by atoms with Gasteiger partial charge in [0.15, 0.2) is 5.82 Å². The fourth-order valence-electron chi connectivity index (χ4n) is 4.23. The topological polar surface area (TPSA) is 117 Å². The first-order valence-electron chi connectivity index (χ1n) is 11.1. The zero-order chi connectivity index (χ0) is 22.9. The molecule has 1 aromatic carbocycles. The molecule has 10 heteroatoms. The van der Waals surface area contributed by atoms with Gasteiger partial charge in [0.2, 0.25) is 0 Å². The molecule has 3 aromatic rings. The first kappa shape index (κ1) is 21.4. The van der Waals surface area contributed by atoms with Crippen molar-refractivity contribution in [3.8, 4) is 11.4 Å². The number of anilines is 3. The van der Waals surface area contributed by atoms with Gasteiger partial charge in [-0.25, -0.2) is 14.8 Å². The van der Waals surface area contributed by atoms with E-state index >= 15 is 0 Å². The summed E-state index contributed by atoms with van der Waals surface area (Å²) in [6, 6.07) is 9.24. The fraction of sp³-hybridized carbons (Fsp3) is 0.391. The standard InChI is InChI=1S/C23H27N7O3/c1-14-13-33-10-9-30(14)22-17-7-8-24-12-18(17)26-21(28-22)15-3-5-16(6-4-15)25-19-11-20(31)29(2)23(32)27-19/h3-6,11,14,24-25H,7-10,12-13H2,1-2H3,(H,27,32)/t14-/m0/s1. The van der Waals surface area contributed by atoms with Crippen LogP contribution >= 0.6 is 0 Å². The van der Waals surface area contributed by atoms with Crippen LogP contribution in [0.1, 0.15) is 18.2 Å². The number of hydrogen-bond donors (Lipinski definition) is 3. The molecular weight excluding hydrogens is 422 g/mol. The molecular formula is C23H27N7O3. The van der Waals surface area contributed by atoms with Crippen LogP contribution < -0.4 is 26.8 Å². The van der Waals surface area contributed by atoms with Crippen molar-refractivity contribution in [3.63, 3.8) is 0 Å². The Morgan fingerprint density at radius 3 is 2.76 bits per heavy atom. The molecule has 10 nitrogen and oxygen atoms in total. The van der Waals surface area contributed by atoms with Crippen molar-refractivity contribution in [2.75, 3.05) is 36.5 Å². The lowest BCUT2D eigenvalue weighted by molar-refractivity contribution is 0.0984. The first-order valence-corrected chi connectivity index (χ1v) is 11.1. The average molecular weight is 450 g/mol. The van der Waals surface area contributed by atoms with Crippen LogP contribution in [0, 0.1) is 0 Å². The van der Waals surface area contributed by atoms with Crippen LogP contribution in [0.15, 0.2) is 39.9 Å². The molecule has 1 atom stereocenters. The highest BCUT2D eigenvalue weighted by Gasteiger charge is 2.27. The van der Waals surface area contributed by atoms with Gasteiger partial charge in [-0.2, -0.15) is 0 Å². The molecule has 172 valence electrons. The van der Waals surface area contributed by atoms with Crippen LogP contribution in [0.2, 0.25) is 0 Å². The second-order valence-electron chi connectivity index (χ2n) is 8.43. The Balaban J connectivity index is 1.46. The van der Waals surface area contributed by atoms with E-state index in [0.717, 1.165) is 53.4 Å². The van der Waals surface area contributed by atoms with Gasteiger partial charge in [-0.15, -0.1) is 0 Å². The highest BCUT2D eigenvalue weighted by atomic mass is 16.5. The molecule has 0 radical (unpaired) electrons. The number of benzene rings is 1. The van der Waals surface area contributed by atoms with Gasteiger partial charge in [0, 0.05) is 43.0 Å². The van der Waals surface area contributed by atoms with Crippen molar-refractivity contribution in [1.82, 2.24) is 24.8 Å². The SMILES string of the molecule is C[C@H]1COCCN1c1nc(-c2ccc(Nc3cc(=O)n(C)c(=O)[nH]3)cc2)nc2c1CCNC2. The summed E-state index contributed by atoms with van der Waals surface area (Å²) >= 11 is 0. The molecule has 0 amide bonds. The van der Waals surface area contributed by atoms with E-state index in [1.165, 1.54) is 18.7 Å². The number of ether oxygens (including phenoxy) is 1. The lowest BCUT2D eigenvalue weighted by Gasteiger charge is -2.36. The zero-order valence-electron chi connectivity index (χ0n) is 18.7. The number of rotatable bonds is 4. The van der Waals surface area contributed by atoms with E-state index in [9.17, 15) is 9.59 Å². The van der Waals surface area contributed by atoms with Gasteiger partial charge in [0.1, 0.15) is 11.6 Å². The number of morpholine rings is 1. The van der Waals surface area contributed by atoms with E-state index in [0.29, 0.717) is 24.9 Å². The Bertz CT molecular complexity index is 1250. The van der Waals surface area contributed by atoms with Gasteiger partial charge < -0.3 is 20.3 Å². The normalized spacial score (nSPS) is 18.1. The molecule has 5 rings (SSSR count). The monoisotopic (exact) mass is 449 g/mol. The summed E-state index contributed by atoms with van der Waals surface area (Å²) < 4.78 is 6.65. The van der Waals surface area contributed by atoms with Gasteiger partial charge in [-0.1, -0.05) is 0 Å². The third-order valence-corrected chi connectivity index (χ3v) is 6.12. The molecule has 2 aliphatic heterocycles. The molecule has 1 saturated heterocycles. The lowest BCUT2D eigenvalue weighted by Crippen LogP contribution is -2.45. The molecule has 0 saturated carbocycles. The minimum atomic E-state index is -0.470. The second kappa shape index (κ2) is 8.80. The van der Waals surface area contributed by atoms with Gasteiger partial charge in [0.05, 0.1) is 24.9 Å². The minimum Gasteiger partial charge on any atom is -0.377 e. The van der Waals surface area contributed by atoms with E-state index < -0.39 is 5.69 Å². The summed E-state index contributed by atoms with van der Waals surface area (Å²) in [7, 11) is 1.43. The number of nitrogens with zero attached hydrogens (tertiary/aromatic N) is 4. The summed E-state index contributed by atoms with van der Waals surface area (Å²) in [6.07, 6.45) is 0.909. The Labute approximate surface area is 190 Å². The minimum absolute atomic E-state index is 0.257. The first-order chi connectivity index (χ1) is 16.0. The van der Waals surface area contributed by atoms with Crippen molar-refractivity contribution in [2.24, 2.45) is 7.05 Å². The Hall–Kier alpha value is -3.50. The Morgan fingerprint density at radius 2 is 2.00 bits per heavy atom. The van der Waals surface area contributed by atoms with Gasteiger partial charge >= 0.3 is 5.69 Å². The van der Waals surface area contributed by atoms with Crippen LogP contribution in [0.25, 0.3) is 11.4 Å². The number of aromatic nitrogens is 4. The summed E-state index contributed by atoms with van der Waals surface area (Å²) in [4.78, 5) is 38.5. The number of hydrogen-bond acceptors (Lipinski definition) is 8. The zero-order valence-corrected chi connectivity index (χ0v) is 18.7. The lowest BCUT2D eigenvalue weighted by atomic mass is 10.0. The summed E-state index contributed by atoms with van der Waals surface area (Å²) in [6.45, 7) is 6.02. The highest BCUT2D eigenvalue weighted by molar-refractivity contribution is 5.65. The molecule has 0 bridgehead atoms. The summed E-state index contributed by atoms with van der Waals surface area (Å²) in [5.74, 6) is 2.03. The maximum atomic E-state index is 11.9. The van der Waals surface area contributed by atoms with Gasteiger partial charge in [0.25, 0.3) is 5.56 Å². The highest BCUT2D eigenvalue weighted by Crippen LogP contribution is 2.30. The van der Waals surface area contributed by atoms with Crippen molar-refractivity contribution < 1.29 is 4.74 Å². The molecule has 0 aliphatic carbocycles. The molecule has 2 aromatic heterocycles.